The van der Waals surface area contributed by atoms with Crippen LogP contribution in [0.2, 0.25) is 0 Å². The smallest absolute Gasteiger partial charge is 0.335 e. The zero-order chi connectivity index (χ0) is 7.83. The van der Waals surface area contributed by atoms with Crippen LogP contribution in [0.25, 0.3) is 0 Å². The maximum Gasteiger partial charge on any atom is 0.383 e. The summed E-state index contributed by atoms with van der Waals surface area (Å²) in [6.45, 7) is -0.164. The molecule has 0 spiro atoms. The molecule has 1 aliphatic heterocycles. The average molecular weight is 156 g/mol. The van der Waals surface area contributed by atoms with Crippen molar-refractivity contribution in [1.29, 1.82) is 0 Å². The van der Waals surface area contributed by atoms with Crippen LogP contribution in [0, 0.1) is 0 Å². The molecule has 1 atom stereocenters. The van der Waals surface area contributed by atoms with E-state index in [9.17, 15) is 13.2 Å². The van der Waals surface area contributed by atoms with E-state index in [-0.39, 0.29) is 13.0 Å². The van der Waals surface area contributed by atoms with Gasteiger partial charge < -0.3 is 9.84 Å². The zero-order valence-electron chi connectivity index (χ0n) is 5.11. The highest BCUT2D eigenvalue weighted by Crippen LogP contribution is 2.38. The molecule has 60 valence electrons. The standard InChI is InChI=1S/C5H7F3O2/c6-4(7)2-1-3-10-5(4,8)9/h9H,1-3H2. The Balaban J connectivity index is 2.70. The number of hydrogen-bond donors (Lipinski definition) is 1. The average Bonchev–Trinajstić information content (AvgIpc) is 1.77. The Morgan fingerprint density at radius 2 is 1.90 bits per heavy atom. The van der Waals surface area contributed by atoms with E-state index in [1.807, 2.05) is 0 Å². The lowest BCUT2D eigenvalue weighted by atomic mass is 10.1. The van der Waals surface area contributed by atoms with Crippen molar-refractivity contribution in [2.75, 3.05) is 6.61 Å². The molecule has 2 nitrogen and oxygen atoms in total. The molecule has 1 heterocycles. The van der Waals surface area contributed by atoms with Crippen molar-refractivity contribution in [3.8, 4) is 0 Å². The van der Waals surface area contributed by atoms with E-state index in [0.29, 0.717) is 0 Å². The third-order valence-corrected chi connectivity index (χ3v) is 1.38. The van der Waals surface area contributed by atoms with Gasteiger partial charge in [0.25, 0.3) is 0 Å². The maximum atomic E-state index is 12.2. The number of rotatable bonds is 0. The van der Waals surface area contributed by atoms with Gasteiger partial charge in [0.2, 0.25) is 0 Å². The molecule has 1 fully saturated rings. The highest BCUT2D eigenvalue weighted by Gasteiger charge is 2.57. The lowest BCUT2D eigenvalue weighted by Crippen LogP contribution is -2.49. The van der Waals surface area contributed by atoms with Crippen LogP contribution in [0.3, 0.4) is 0 Å². The summed E-state index contributed by atoms with van der Waals surface area (Å²) < 4.78 is 40.5. The van der Waals surface area contributed by atoms with Crippen LogP contribution in [0.4, 0.5) is 13.2 Å². The van der Waals surface area contributed by atoms with E-state index in [1.165, 1.54) is 0 Å². The van der Waals surface area contributed by atoms with Crippen molar-refractivity contribution in [2.45, 2.75) is 24.8 Å². The van der Waals surface area contributed by atoms with Crippen LogP contribution in [0.15, 0.2) is 0 Å². The number of halogens is 3. The van der Waals surface area contributed by atoms with Crippen molar-refractivity contribution in [1.82, 2.24) is 0 Å². The number of hydrogen-bond acceptors (Lipinski definition) is 2. The van der Waals surface area contributed by atoms with Gasteiger partial charge in [-0.15, -0.1) is 0 Å². The molecule has 10 heavy (non-hydrogen) atoms. The van der Waals surface area contributed by atoms with E-state index in [2.05, 4.69) is 4.74 Å². The first-order valence-corrected chi connectivity index (χ1v) is 2.89. The molecule has 0 saturated carbocycles. The first kappa shape index (κ1) is 7.81. The molecule has 0 amide bonds. The first-order valence-electron chi connectivity index (χ1n) is 2.89. The monoisotopic (exact) mass is 156 g/mol. The molecule has 1 unspecified atom stereocenters. The predicted octanol–water partition coefficient (Wildman–Crippen LogP) is 1.05. The van der Waals surface area contributed by atoms with Crippen LogP contribution in [-0.2, 0) is 4.74 Å². The summed E-state index contributed by atoms with van der Waals surface area (Å²) in [4.78, 5) is 0. The maximum absolute atomic E-state index is 12.2. The highest BCUT2D eigenvalue weighted by molar-refractivity contribution is 4.79. The van der Waals surface area contributed by atoms with Gasteiger partial charge in [0, 0.05) is 6.42 Å². The van der Waals surface area contributed by atoms with Gasteiger partial charge in [-0.1, -0.05) is 0 Å². The van der Waals surface area contributed by atoms with Crippen LogP contribution in [0.1, 0.15) is 12.8 Å². The van der Waals surface area contributed by atoms with Crippen LogP contribution >= 0.6 is 0 Å². The molecule has 1 rings (SSSR count). The van der Waals surface area contributed by atoms with Gasteiger partial charge in [-0.25, -0.2) is 0 Å². The molecule has 0 aromatic rings. The van der Waals surface area contributed by atoms with Crippen molar-refractivity contribution in [3.63, 3.8) is 0 Å². The Hall–Kier alpha value is -0.290. The van der Waals surface area contributed by atoms with Crippen molar-refractivity contribution < 1.29 is 23.0 Å². The van der Waals surface area contributed by atoms with Crippen molar-refractivity contribution in [3.05, 3.63) is 0 Å². The predicted molar refractivity (Wildman–Crippen MR) is 26.2 cm³/mol. The van der Waals surface area contributed by atoms with Crippen molar-refractivity contribution in [2.24, 2.45) is 0 Å². The van der Waals surface area contributed by atoms with E-state index in [4.69, 9.17) is 5.11 Å². The second-order valence-corrected chi connectivity index (χ2v) is 2.22. The summed E-state index contributed by atoms with van der Waals surface area (Å²) in [5.74, 6) is -3.76. The third-order valence-electron chi connectivity index (χ3n) is 1.38. The van der Waals surface area contributed by atoms with Gasteiger partial charge in [0.1, 0.15) is 0 Å². The van der Waals surface area contributed by atoms with Gasteiger partial charge in [-0.2, -0.15) is 13.2 Å². The first-order chi connectivity index (χ1) is 4.46. The Bertz CT molecular complexity index is 119. The summed E-state index contributed by atoms with van der Waals surface area (Å²) >= 11 is 0. The minimum atomic E-state index is -3.76. The summed E-state index contributed by atoms with van der Waals surface area (Å²) in [6.07, 6.45) is -0.598. The molecule has 0 aromatic heterocycles. The van der Waals surface area contributed by atoms with Gasteiger partial charge in [-0.05, 0) is 6.42 Å². The summed E-state index contributed by atoms with van der Waals surface area (Å²) in [7, 11) is 0. The molecular formula is C5H7F3O2. The Labute approximate surface area is 55.6 Å². The molecule has 0 aliphatic carbocycles. The summed E-state index contributed by atoms with van der Waals surface area (Å²) in [6, 6.07) is -3.76. The zero-order valence-corrected chi connectivity index (χ0v) is 5.11. The normalized spacial score (nSPS) is 39.6. The van der Waals surface area contributed by atoms with E-state index < -0.39 is 18.4 Å². The number of alkyl halides is 3. The summed E-state index contributed by atoms with van der Waals surface area (Å²) in [5, 5.41) is 8.26. The van der Waals surface area contributed by atoms with Gasteiger partial charge in [0.15, 0.2) is 0 Å². The van der Waals surface area contributed by atoms with E-state index in [1.54, 1.807) is 0 Å². The fraction of sp³-hybridized carbons (Fsp3) is 1.00. The molecule has 0 radical (unpaired) electrons. The topological polar surface area (TPSA) is 29.5 Å². The van der Waals surface area contributed by atoms with Crippen LogP contribution in [-0.4, -0.2) is 23.7 Å². The van der Waals surface area contributed by atoms with Gasteiger partial charge >= 0.3 is 12.0 Å². The molecular weight excluding hydrogens is 149 g/mol. The van der Waals surface area contributed by atoms with E-state index >= 15 is 0 Å². The second-order valence-electron chi connectivity index (χ2n) is 2.22. The SMILES string of the molecule is OC1(F)OCCCC1(F)F. The molecule has 1 aliphatic rings. The Morgan fingerprint density at radius 3 is 2.20 bits per heavy atom. The Kier molecular flexibility index (Phi) is 1.64. The quantitative estimate of drug-likeness (QED) is 0.568. The molecule has 0 aromatic carbocycles. The fourth-order valence-corrected chi connectivity index (χ4v) is 0.761. The van der Waals surface area contributed by atoms with Crippen LogP contribution in [0.5, 0.6) is 0 Å². The van der Waals surface area contributed by atoms with E-state index in [0.717, 1.165) is 0 Å². The lowest BCUT2D eigenvalue weighted by molar-refractivity contribution is -0.402. The van der Waals surface area contributed by atoms with Gasteiger partial charge in [-0.3, -0.25) is 0 Å². The number of aliphatic hydroxyl groups is 1. The largest absolute Gasteiger partial charge is 0.383 e. The molecule has 1 saturated heterocycles. The molecule has 1 N–H and O–H groups in total. The Morgan fingerprint density at radius 1 is 1.30 bits per heavy atom. The minimum Gasteiger partial charge on any atom is -0.335 e. The lowest BCUT2D eigenvalue weighted by Gasteiger charge is -2.31. The molecule has 5 heteroatoms. The number of ether oxygens (including phenoxy) is 1. The van der Waals surface area contributed by atoms with Crippen LogP contribution < -0.4 is 0 Å². The fourth-order valence-electron chi connectivity index (χ4n) is 0.761. The summed E-state index contributed by atoms with van der Waals surface area (Å²) in [5.41, 5.74) is 0. The highest BCUT2D eigenvalue weighted by atomic mass is 19.3. The minimum absolute atomic E-state index is 0.0687. The third kappa shape index (κ3) is 1.11. The van der Waals surface area contributed by atoms with Gasteiger partial charge in [0.05, 0.1) is 6.61 Å². The molecule has 0 bridgehead atoms. The second kappa shape index (κ2) is 2.10. The van der Waals surface area contributed by atoms with Crippen molar-refractivity contribution >= 4 is 0 Å².